The van der Waals surface area contributed by atoms with Crippen molar-refractivity contribution in [3.63, 3.8) is 0 Å². The first kappa shape index (κ1) is 19.6. The van der Waals surface area contributed by atoms with Crippen LogP contribution in [-0.4, -0.2) is 20.0 Å². The van der Waals surface area contributed by atoms with E-state index < -0.39 is 9.84 Å². The van der Waals surface area contributed by atoms with Crippen LogP contribution >= 0.6 is 0 Å². The van der Waals surface area contributed by atoms with E-state index in [1.807, 2.05) is 6.08 Å². The minimum atomic E-state index is -3.33. The van der Waals surface area contributed by atoms with Gasteiger partial charge in [0.15, 0.2) is 9.84 Å². The van der Waals surface area contributed by atoms with Crippen molar-refractivity contribution in [2.24, 2.45) is 0 Å². The monoisotopic (exact) mass is 336 g/mol. The zero-order valence-electron chi connectivity index (χ0n) is 13.9. The quantitative estimate of drug-likeness (QED) is 0.386. The van der Waals surface area contributed by atoms with Crippen molar-refractivity contribution in [1.29, 1.82) is 0 Å². The van der Waals surface area contributed by atoms with Gasteiger partial charge >= 0.3 is 0 Å². The third kappa shape index (κ3) is 8.70. The van der Waals surface area contributed by atoms with Gasteiger partial charge in [-0.2, -0.15) is 0 Å². The molecule has 1 aromatic carbocycles. The molecule has 0 aliphatic carbocycles. The molecular formula is C19H28O3S. The summed E-state index contributed by atoms with van der Waals surface area (Å²) in [5.41, 5.74) is 0. The van der Waals surface area contributed by atoms with Crippen LogP contribution in [0.25, 0.3) is 0 Å². The summed E-state index contributed by atoms with van der Waals surface area (Å²) in [4.78, 5) is 12.1. The lowest BCUT2D eigenvalue weighted by Gasteiger charge is -2.04. The van der Waals surface area contributed by atoms with Crippen LogP contribution in [0.2, 0.25) is 0 Å². The fourth-order valence-corrected chi connectivity index (χ4v) is 3.74. The van der Waals surface area contributed by atoms with Gasteiger partial charge in [0.2, 0.25) is 0 Å². The highest BCUT2D eigenvalue weighted by Crippen LogP contribution is 2.13. The molecule has 23 heavy (non-hydrogen) atoms. The average Bonchev–Trinajstić information content (AvgIpc) is 2.56. The number of allylic oxidation sites excluding steroid dienone is 1. The number of carbonyl (C=O) groups is 1. The first-order valence-corrected chi connectivity index (χ1v) is 10.1. The van der Waals surface area contributed by atoms with Crippen molar-refractivity contribution in [1.82, 2.24) is 0 Å². The summed E-state index contributed by atoms with van der Waals surface area (Å²) < 4.78 is 24.2. The number of hydrogen-bond acceptors (Lipinski definition) is 3. The fourth-order valence-electron chi connectivity index (χ4n) is 2.44. The molecule has 3 nitrogen and oxygen atoms in total. The number of hydrogen-bond donors (Lipinski definition) is 0. The molecule has 0 fully saturated rings. The molecule has 128 valence electrons. The highest BCUT2D eigenvalue weighted by Gasteiger charge is 2.15. The Balaban J connectivity index is 2.14. The number of benzene rings is 1. The van der Waals surface area contributed by atoms with Crippen LogP contribution in [0, 0.1) is 0 Å². The van der Waals surface area contributed by atoms with E-state index in [0.717, 1.165) is 25.7 Å². The number of rotatable bonds is 13. The summed E-state index contributed by atoms with van der Waals surface area (Å²) in [7, 11) is -3.33. The van der Waals surface area contributed by atoms with Gasteiger partial charge in [-0.1, -0.05) is 50.0 Å². The molecule has 0 saturated carbocycles. The third-order valence-corrected chi connectivity index (χ3v) is 5.60. The minimum Gasteiger partial charge on any atom is -0.300 e. The lowest BCUT2D eigenvalue weighted by atomic mass is 10.1. The second kappa shape index (κ2) is 11.2. The Morgan fingerprint density at radius 1 is 0.913 bits per heavy atom. The summed E-state index contributed by atoms with van der Waals surface area (Å²) in [5.74, 6) is -0.0339. The highest BCUT2D eigenvalue weighted by atomic mass is 32.2. The summed E-state index contributed by atoms with van der Waals surface area (Å²) in [6.07, 6.45) is 10.3. The summed E-state index contributed by atoms with van der Waals surface area (Å²) in [6, 6.07) is 8.33. The summed E-state index contributed by atoms with van der Waals surface area (Å²) in [6.45, 7) is 3.70. The Labute approximate surface area is 140 Å². The topological polar surface area (TPSA) is 51.2 Å². The van der Waals surface area contributed by atoms with Crippen LogP contribution in [0.1, 0.15) is 57.8 Å². The molecule has 1 rings (SSSR count). The Bertz CT molecular complexity index is 562. The third-order valence-electron chi connectivity index (χ3n) is 3.87. The molecule has 0 unspecified atom stereocenters. The number of carbonyl (C=O) groups excluding carboxylic acids is 1. The van der Waals surface area contributed by atoms with E-state index in [4.69, 9.17) is 0 Å². The molecule has 0 aromatic heterocycles. The van der Waals surface area contributed by atoms with Gasteiger partial charge in [-0.15, -0.1) is 6.58 Å². The molecule has 4 heteroatoms. The Hall–Kier alpha value is -1.42. The Morgan fingerprint density at radius 2 is 1.52 bits per heavy atom. The second-order valence-electron chi connectivity index (χ2n) is 5.87. The lowest BCUT2D eigenvalue weighted by Crippen LogP contribution is -2.11. The number of ketones is 1. The smallest absolute Gasteiger partial charge is 0.178 e. The van der Waals surface area contributed by atoms with Gasteiger partial charge in [-0.25, -0.2) is 8.42 Å². The van der Waals surface area contributed by atoms with Crippen molar-refractivity contribution in [3.05, 3.63) is 43.0 Å². The SMILES string of the molecule is C=CCCCCCCCCC(=O)CCS(=O)(=O)c1ccccc1. The Morgan fingerprint density at radius 3 is 2.17 bits per heavy atom. The molecule has 0 atom stereocenters. The molecule has 0 saturated heterocycles. The standard InChI is InChI=1S/C19H28O3S/c1-2-3-4-5-6-7-8-10-13-18(20)16-17-23(21,22)19-14-11-9-12-15-19/h2,9,11-12,14-15H,1,3-8,10,13,16-17H2. The highest BCUT2D eigenvalue weighted by molar-refractivity contribution is 7.91. The maximum atomic E-state index is 12.1. The first-order chi connectivity index (χ1) is 11.1. The normalized spacial score (nSPS) is 11.3. The van der Waals surface area contributed by atoms with Gasteiger partial charge in [0.25, 0.3) is 0 Å². The van der Waals surface area contributed by atoms with E-state index in [9.17, 15) is 13.2 Å². The van der Waals surface area contributed by atoms with E-state index in [1.165, 1.54) is 19.3 Å². The Kier molecular flexibility index (Phi) is 9.53. The number of Topliss-reactive ketones (excluding diaryl/α,β-unsaturated/α-hetero) is 1. The van der Waals surface area contributed by atoms with Gasteiger partial charge in [-0.05, 0) is 31.4 Å². The molecule has 0 spiro atoms. The van der Waals surface area contributed by atoms with Crippen molar-refractivity contribution >= 4 is 15.6 Å². The van der Waals surface area contributed by atoms with Crippen molar-refractivity contribution in [2.75, 3.05) is 5.75 Å². The predicted molar refractivity (Wildman–Crippen MR) is 95.3 cm³/mol. The molecule has 1 aromatic rings. The van der Waals surface area contributed by atoms with E-state index in [-0.39, 0.29) is 18.0 Å². The predicted octanol–water partition coefficient (Wildman–Crippen LogP) is 4.73. The van der Waals surface area contributed by atoms with Gasteiger partial charge in [0, 0.05) is 12.8 Å². The van der Waals surface area contributed by atoms with E-state index >= 15 is 0 Å². The van der Waals surface area contributed by atoms with Crippen molar-refractivity contribution in [3.8, 4) is 0 Å². The lowest BCUT2D eigenvalue weighted by molar-refractivity contribution is -0.118. The summed E-state index contributed by atoms with van der Waals surface area (Å²) >= 11 is 0. The zero-order chi connectivity index (χ0) is 17.0. The average molecular weight is 336 g/mol. The zero-order valence-corrected chi connectivity index (χ0v) is 14.7. The molecule has 0 aliphatic rings. The number of unbranched alkanes of at least 4 members (excludes halogenated alkanes) is 6. The molecule has 0 N–H and O–H groups in total. The fraction of sp³-hybridized carbons (Fsp3) is 0.526. The second-order valence-corrected chi connectivity index (χ2v) is 7.98. The largest absolute Gasteiger partial charge is 0.300 e. The molecule has 0 heterocycles. The molecule has 0 aliphatic heterocycles. The van der Waals surface area contributed by atoms with Crippen LogP contribution in [0.4, 0.5) is 0 Å². The first-order valence-electron chi connectivity index (χ1n) is 8.46. The summed E-state index contributed by atoms with van der Waals surface area (Å²) in [5, 5.41) is 0. The minimum absolute atomic E-state index is 0.0520. The van der Waals surface area contributed by atoms with E-state index in [2.05, 4.69) is 6.58 Å². The van der Waals surface area contributed by atoms with Crippen molar-refractivity contribution < 1.29 is 13.2 Å². The van der Waals surface area contributed by atoms with Crippen LogP contribution in [-0.2, 0) is 14.6 Å². The van der Waals surface area contributed by atoms with Gasteiger partial charge < -0.3 is 0 Å². The molecule has 0 radical (unpaired) electrons. The van der Waals surface area contributed by atoms with Crippen molar-refractivity contribution in [2.45, 2.75) is 62.7 Å². The maximum Gasteiger partial charge on any atom is 0.178 e. The van der Waals surface area contributed by atoms with Gasteiger partial charge in [-0.3, -0.25) is 4.79 Å². The van der Waals surface area contributed by atoms with E-state index in [1.54, 1.807) is 30.3 Å². The number of sulfone groups is 1. The van der Waals surface area contributed by atoms with Crippen LogP contribution in [0.15, 0.2) is 47.9 Å². The maximum absolute atomic E-state index is 12.1. The molecular weight excluding hydrogens is 308 g/mol. The van der Waals surface area contributed by atoms with Gasteiger partial charge in [0.05, 0.1) is 10.6 Å². The van der Waals surface area contributed by atoms with E-state index in [0.29, 0.717) is 11.3 Å². The molecule has 0 amide bonds. The van der Waals surface area contributed by atoms with Crippen LogP contribution < -0.4 is 0 Å². The van der Waals surface area contributed by atoms with Gasteiger partial charge in [0.1, 0.15) is 5.78 Å². The van der Waals surface area contributed by atoms with Crippen LogP contribution in [0.3, 0.4) is 0 Å². The van der Waals surface area contributed by atoms with Crippen LogP contribution in [0.5, 0.6) is 0 Å². The molecule has 0 bridgehead atoms.